The molecule has 2 rings (SSSR count). The maximum Gasteiger partial charge on any atom is 0.139 e. The second kappa shape index (κ2) is 4.57. The van der Waals surface area contributed by atoms with Crippen LogP contribution in [0.1, 0.15) is 13.8 Å². The lowest BCUT2D eigenvalue weighted by Crippen LogP contribution is -2.23. The minimum absolute atomic E-state index is 0.274. The van der Waals surface area contributed by atoms with Crippen molar-refractivity contribution in [2.75, 3.05) is 23.7 Å². The van der Waals surface area contributed by atoms with Crippen LogP contribution in [0.4, 0.5) is 15.9 Å². The molecule has 1 aromatic heterocycles. The summed E-state index contributed by atoms with van der Waals surface area (Å²) < 4.78 is 13.9. The van der Waals surface area contributed by atoms with Crippen LogP contribution in [0.15, 0.2) is 24.4 Å². The Balaban J connectivity index is 2.76. The van der Waals surface area contributed by atoms with Crippen LogP contribution < -0.4 is 10.6 Å². The molecule has 2 N–H and O–H groups in total. The standard InChI is InChI=1S/C13H16FN3/c1-3-17(4-2)13-12-9(7-8-16-13)11(15)6-5-10(12)14/h5-8H,3-4,15H2,1-2H3. The van der Waals surface area contributed by atoms with E-state index < -0.39 is 0 Å². The van der Waals surface area contributed by atoms with Crippen molar-refractivity contribution in [1.82, 2.24) is 4.98 Å². The second-order valence-electron chi connectivity index (χ2n) is 3.87. The van der Waals surface area contributed by atoms with E-state index in [0.717, 1.165) is 18.5 Å². The molecule has 4 heteroatoms. The highest BCUT2D eigenvalue weighted by atomic mass is 19.1. The van der Waals surface area contributed by atoms with Crippen LogP contribution in [-0.2, 0) is 0 Å². The van der Waals surface area contributed by atoms with Gasteiger partial charge in [-0.05, 0) is 32.0 Å². The number of aromatic nitrogens is 1. The van der Waals surface area contributed by atoms with Crippen molar-refractivity contribution in [3.05, 3.63) is 30.2 Å². The smallest absolute Gasteiger partial charge is 0.139 e. The third-order valence-corrected chi connectivity index (χ3v) is 2.95. The Morgan fingerprint density at radius 2 is 1.94 bits per heavy atom. The Bertz CT molecular complexity index is 535. The zero-order chi connectivity index (χ0) is 12.4. The minimum Gasteiger partial charge on any atom is -0.398 e. The van der Waals surface area contributed by atoms with Gasteiger partial charge in [-0.25, -0.2) is 9.37 Å². The molecule has 1 heterocycles. The first-order valence-electron chi connectivity index (χ1n) is 5.76. The molecular formula is C13H16FN3. The summed E-state index contributed by atoms with van der Waals surface area (Å²) in [6, 6.07) is 4.73. The maximum atomic E-state index is 13.9. The number of fused-ring (bicyclic) bond motifs is 1. The number of nitrogens with two attached hydrogens (primary N) is 1. The fraction of sp³-hybridized carbons (Fsp3) is 0.308. The zero-order valence-electron chi connectivity index (χ0n) is 10.1. The summed E-state index contributed by atoms with van der Waals surface area (Å²) in [5.41, 5.74) is 6.44. The lowest BCUT2D eigenvalue weighted by atomic mass is 10.1. The van der Waals surface area contributed by atoms with Gasteiger partial charge in [0.15, 0.2) is 0 Å². The largest absolute Gasteiger partial charge is 0.398 e. The van der Waals surface area contributed by atoms with Gasteiger partial charge in [0, 0.05) is 30.4 Å². The molecule has 0 amide bonds. The van der Waals surface area contributed by atoms with Crippen LogP contribution in [0, 0.1) is 5.82 Å². The van der Waals surface area contributed by atoms with E-state index in [-0.39, 0.29) is 5.82 Å². The number of hydrogen-bond donors (Lipinski definition) is 1. The fourth-order valence-electron chi connectivity index (χ4n) is 2.03. The van der Waals surface area contributed by atoms with Crippen molar-refractivity contribution in [2.24, 2.45) is 0 Å². The van der Waals surface area contributed by atoms with Crippen LogP contribution in [0.5, 0.6) is 0 Å². The van der Waals surface area contributed by atoms with Crippen LogP contribution in [-0.4, -0.2) is 18.1 Å². The summed E-state index contributed by atoms with van der Waals surface area (Å²) in [7, 11) is 0. The van der Waals surface area contributed by atoms with Gasteiger partial charge in [-0.3, -0.25) is 0 Å². The first-order valence-corrected chi connectivity index (χ1v) is 5.76. The first kappa shape index (κ1) is 11.6. The van der Waals surface area contributed by atoms with E-state index in [1.54, 1.807) is 18.3 Å². The summed E-state index contributed by atoms with van der Waals surface area (Å²) >= 11 is 0. The van der Waals surface area contributed by atoms with Crippen molar-refractivity contribution < 1.29 is 4.39 Å². The summed E-state index contributed by atoms with van der Waals surface area (Å²) in [5.74, 6) is 0.390. The predicted molar refractivity (Wildman–Crippen MR) is 69.7 cm³/mol. The van der Waals surface area contributed by atoms with Crippen LogP contribution in [0.3, 0.4) is 0 Å². The molecule has 1 aromatic carbocycles. The molecule has 0 aliphatic carbocycles. The van der Waals surface area contributed by atoms with Gasteiger partial charge in [0.2, 0.25) is 0 Å². The Hall–Kier alpha value is -1.84. The van der Waals surface area contributed by atoms with Gasteiger partial charge in [0.1, 0.15) is 11.6 Å². The summed E-state index contributed by atoms with van der Waals surface area (Å²) in [6.45, 7) is 5.62. The molecule has 0 fully saturated rings. The molecule has 0 saturated heterocycles. The molecule has 0 aliphatic heterocycles. The van der Waals surface area contributed by atoms with E-state index in [9.17, 15) is 4.39 Å². The van der Waals surface area contributed by atoms with E-state index in [4.69, 9.17) is 5.73 Å². The van der Waals surface area contributed by atoms with Gasteiger partial charge in [-0.15, -0.1) is 0 Å². The molecule has 0 bridgehead atoms. The van der Waals surface area contributed by atoms with Crippen molar-refractivity contribution in [1.29, 1.82) is 0 Å². The zero-order valence-corrected chi connectivity index (χ0v) is 10.1. The van der Waals surface area contributed by atoms with Gasteiger partial charge >= 0.3 is 0 Å². The SMILES string of the molecule is CCN(CC)c1nccc2c(N)ccc(F)c12. The number of nitrogens with zero attached hydrogens (tertiary/aromatic N) is 2. The van der Waals surface area contributed by atoms with Crippen LogP contribution in [0.25, 0.3) is 10.8 Å². The van der Waals surface area contributed by atoms with Gasteiger partial charge < -0.3 is 10.6 Å². The lowest BCUT2D eigenvalue weighted by Gasteiger charge is -2.21. The van der Waals surface area contributed by atoms with Gasteiger partial charge in [-0.2, -0.15) is 0 Å². The highest BCUT2D eigenvalue weighted by Crippen LogP contribution is 2.30. The molecule has 0 radical (unpaired) electrons. The van der Waals surface area contributed by atoms with Crippen LogP contribution in [0.2, 0.25) is 0 Å². The maximum absolute atomic E-state index is 13.9. The van der Waals surface area contributed by atoms with Crippen molar-refractivity contribution in [2.45, 2.75) is 13.8 Å². The molecular weight excluding hydrogens is 217 g/mol. The Morgan fingerprint density at radius 3 is 2.59 bits per heavy atom. The Labute approximate surface area is 100 Å². The molecule has 0 saturated carbocycles. The highest BCUT2D eigenvalue weighted by molar-refractivity contribution is 5.99. The third-order valence-electron chi connectivity index (χ3n) is 2.95. The van der Waals surface area contributed by atoms with E-state index in [1.807, 2.05) is 18.7 Å². The number of hydrogen-bond acceptors (Lipinski definition) is 3. The molecule has 17 heavy (non-hydrogen) atoms. The molecule has 2 aromatic rings. The van der Waals surface area contributed by atoms with Crippen LogP contribution >= 0.6 is 0 Å². The molecule has 3 nitrogen and oxygen atoms in total. The number of anilines is 2. The van der Waals surface area contributed by atoms with Crippen molar-refractivity contribution in [3.8, 4) is 0 Å². The average molecular weight is 233 g/mol. The molecule has 0 spiro atoms. The van der Waals surface area contributed by atoms with Gasteiger partial charge in [0.25, 0.3) is 0 Å². The van der Waals surface area contributed by atoms with Crippen molar-refractivity contribution >= 4 is 22.3 Å². The fourth-order valence-corrected chi connectivity index (χ4v) is 2.03. The predicted octanol–water partition coefficient (Wildman–Crippen LogP) is 2.80. The average Bonchev–Trinajstić information content (AvgIpc) is 2.35. The van der Waals surface area contributed by atoms with E-state index in [0.29, 0.717) is 16.9 Å². The number of halogens is 1. The number of benzene rings is 1. The molecule has 0 aliphatic rings. The lowest BCUT2D eigenvalue weighted by molar-refractivity contribution is 0.639. The molecule has 0 atom stereocenters. The normalized spacial score (nSPS) is 10.8. The molecule has 90 valence electrons. The number of pyridine rings is 1. The first-order chi connectivity index (χ1) is 8.19. The minimum atomic E-state index is -0.274. The molecule has 0 unspecified atom stereocenters. The van der Waals surface area contributed by atoms with E-state index >= 15 is 0 Å². The van der Waals surface area contributed by atoms with Crippen molar-refractivity contribution in [3.63, 3.8) is 0 Å². The number of nitrogen functional groups attached to an aromatic ring is 1. The van der Waals surface area contributed by atoms with Gasteiger partial charge in [0.05, 0.1) is 5.39 Å². The summed E-state index contributed by atoms with van der Waals surface area (Å²) in [6.07, 6.45) is 1.67. The topological polar surface area (TPSA) is 42.2 Å². The quantitative estimate of drug-likeness (QED) is 0.829. The third kappa shape index (κ3) is 1.90. The Kier molecular flexibility index (Phi) is 3.13. The highest BCUT2D eigenvalue weighted by Gasteiger charge is 2.13. The second-order valence-corrected chi connectivity index (χ2v) is 3.87. The van der Waals surface area contributed by atoms with E-state index in [2.05, 4.69) is 4.98 Å². The summed E-state index contributed by atoms with van der Waals surface area (Å²) in [4.78, 5) is 6.30. The van der Waals surface area contributed by atoms with E-state index in [1.165, 1.54) is 6.07 Å². The Morgan fingerprint density at radius 1 is 1.24 bits per heavy atom. The number of rotatable bonds is 3. The summed E-state index contributed by atoms with van der Waals surface area (Å²) in [5, 5.41) is 1.23. The van der Waals surface area contributed by atoms with Gasteiger partial charge in [-0.1, -0.05) is 0 Å². The monoisotopic (exact) mass is 233 g/mol.